The number of benzene rings is 1. The first-order valence-corrected chi connectivity index (χ1v) is 4.87. The summed E-state index contributed by atoms with van der Waals surface area (Å²) in [5, 5.41) is 9.12. The summed E-state index contributed by atoms with van der Waals surface area (Å²) in [6, 6.07) is 3.16. The van der Waals surface area contributed by atoms with Crippen molar-refractivity contribution in [1.29, 1.82) is 0 Å². The fraction of sp³-hybridized carbons (Fsp3) is 0.250. The average Bonchev–Trinajstić information content (AvgIpc) is 2.16. The van der Waals surface area contributed by atoms with E-state index in [4.69, 9.17) is 5.11 Å². The molecule has 1 rings (SSSR count). The molecule has 0 aliphatic carbocycles. The fourth-order valence-electron chi connectivity index (χ4n) is 0.895. The second kappa shape index (κ2) is 4.09. The van der Waals surface area contributed by atoms with Crippen LogP contribution in [-0.4, -0.2) is 21.9 Å². The highest BCUT2D eigenvalue weighted by Gasteiger charge is 2.39. The van der Waals surface area contributed by atoms with Gasteiger partial charge in [-0.05, 0) is 12.1 Å². The van der Waals surface area contributed by atoms with E-state index in [0.717, 1.165) is 12.1 Å². The van der Waals surface area contributed by atoms with Crippen LogP contribution in [0.15, 0.2) is 23.1 Å². The van der Waals surface area contributed by atoms with Crippen molar-refractivity contribution in [3.63, 3.8) is 0 Å². The van der Waals surface area contributed by atoms with E-state index in [1.807, 2.05) is 0 Å². The lowest BCUT2D eigenvalue weighted by molar-refractivity contribution is -0.0385. The Hall–Kier alpha value is -1.24. The van der Waals surface area contributed by atoms with Crippen LogP contribution in [-0.2, 0) is 10.8 Å². The molecule has 0 aliphatic rings. The molecule has 1 atom stereocenters. The number of alkyl halides is 3. The van der Waals surface area contributed by atoms with Crippen molar-refractivity contribution in [2.75, 3.05) is 7.11 Å². The van der Waals surface area contributed by atoms with Gasteiger partial charge in [0.1, 0.15) is 11.5 Å². The maximum absolute atomic E-state index is 12.1. The van der Waals surface area contributed by atoms with Crippen LogP contribution < -0.4 is 4.74 Å². The molecule has 3 nitrogen and oxygen atoms in total. The van der Waals surface area contributed by atoms with E-state index in [9.17, 15) is 17.4 Å². The topological polar surface area (TPSA) is 46.5 Å². The van der Waals surface area contributed by atoms with Gasteiger partial charge in [0.2, 0.25) is 0 Å². The van der Waals surface area contributed by atoms with Gasteiger partial charge in [0.05, 0.1) is 12.0 Å². The van der Waals surface area contributed by atoms with Gasteiger partial charge in [-0.2, -0.15) is 13.2 Å². The number of methoxy groups -OCH3 is 1. The highest BCUT2D eigenvalue weighted by atomic mass is 32.2. The smallest absolute Gasteiger partial charge is 0.475 e. The number of hydrogen-bond acceptors (Lipinski definition) is 3. The Morgan fingerprint density at radius 2 is 2.00 bits per heavy atom. The normalized spacial score (nSPS) is 13.6. The molecule has 0 saturated heterocycles. The Morgan fingerprint density at radius 1 is 1.40 bits per heavy atom. The molecule has 15 heavy (non-hydrogen) atoms. The van der Waals surface area contributed by atoms with Crippen molar-refractivity contribution in [2.24, 2.45) is 0 Å². The summed E-state index contributed by atoms with van der Waals surface area (Å²) in [7, 11) is -2.00. The zero-order valence-electron chi connectivity index (χ0n) is 7.54. The monoisotopic (exact) mass is 240 g/mol. The zero-order valence-corrected chi connectivity index (χ0v) is 8.35. The molecule has 0 heterocycles. The van der Waals surface area contributed by atoms with Gasteiger partial charge < -0.3 is 9.84 Å². The third-order valence-corrected chi connectivity index (χ3v) is 2.72. The lowest BCUT2D eigenvalue weighted by Gasteiger charge is -2.09. The first kappa shape index (κ1) is 11.8. The van der Waals surface area contributed by atoms with Gasteiger partial charge in [0.15, 0.2) is 10.8 Å². The summed E-state index contributed by atoms with van der Waals surface area (Å²) in [5.74, 6) is -0.577. The third kappa shape index (κ3) is 2.62. The molecule has 1 aromatic carbocycles. The molecule has 0 spiro atoms. The second-order valence-corrected chi connectivity index (χ2v) is 3.99. The predicted molar refractivity (Wildman–Crippen MR) is 47.1 cm³/mol. The fourth-order valence-corrected chi connectivity index (χ4v) is 1.63. The largest absolute Gasteiger partial charge is 0.507 e. The maximum Gasteiger partial charge on any atom is 0.475 e. The van der Waals surface area contributed by atoms with E-state index >= 15 is 0 Å². The van der Waals surface area contributed by atoms with Crippen LogP contribution in [0.5, 0.6) is 11.5 Å². The van der Waals surface area contributed by atoms with Crippen LogP contribution in [0.2, 0.25) is 0 Å². The number of phenolic OH excluding ortho intramolecular Hbond substituents is 1. The molecule has 0 bridgehead atoms. The average molecular weight is 240 g/mol. The van der Waals surface area contributed by atoms with Gasteiger partial charge in [-0.25, -0.2) is 4.21 Å². The van der Waals surface area contributed by atoms with Crippen molar-refractivity contribution in [3.8, 4) is 11.5 Å². The number of ether oxygens (including phenoxy) is 1. The first-order valence-electron chi connectivity index (χ1n) is 3.72. The van der Waals surface area contributed by atoms with E-state index in [2.05, 4.69) is 4.74 Å². The van der Waals surface area contributed by atoms with Crippen molar-refractivity contribution in [3.05, 3.63) is 18.2 Å². The summed E-state index contributed by atoms with van der Waals surface area (Å²) in [6.07, 6.45) is 0. The predicted octanol–water partition coefficient (Wildman–Crippen LogP) is 2.03. The molecule has 1 N–H and O–H groups in total. The minimum absolute atomic E-state index is 0.0976. The minimum Gasteiger partial charge on any atom is -0.507 e. The van der Waals surface area contributed by atoms with Crippen molar-refractivity contribution < 1.29 is 27.2 Å². The Labute approximate surface area is 85.9 Å². The summed E-state index contributed by atoms with van der Waals surface area (Å²) < 4.78 is 51.9. The van der Waals surface area contributed by atoms with Gasteiger partial charge in [0.25, 0.3) is 0 Å². The summed E-state index contributed by atoms with van der Waals surface area (Å²) >= 11 is 0. The minimum atomic E-state index is -4.90. The van der Waals surface area contributed by atoms with Crippen molar-refractivity contribution in [1.82, 2.24) is 0 Å². The van der Waals surface area contributed by atoms with Crippen LogP contribution in [0.3, 0.4) is 0 Å². The molecule has 84 valence electrons. The lowest BCUT2D eigenvalue weighted by atomic mass is 10.3. The highest BCUT2D eigenvalue weighted by molar-refractivity contribution is 7.86. The first-order chi connectivity index (χ1) is 6.86. The van der Waals surface area contributed by atoms with Crippen LogP contribution >= 0.6 is 0 Å². The van der Waals surface area contributed by atoms with E-state index in [-0.39, 0.29) is 5.75 Å². The molecule has 1 unspecified atom stereocenters. The summed E-state index contributed by atoms with van der Waals surface area (Å²) in [6.45, 7) is 0. The van der Waals surface area contributed by atoms with Crippen LogP contribution in [0.4, 0.5) is 13.2 Å². The molecular weight excluding hydrogens is 233 g/mol. The zero-order chi connectivity index (χ0) is 11.6. The van der Waals surface area contributed by atoms with Crippen LogP contribution in [0.1, 0.15) is 0 Å². The number of rotatable bonds is 2. The summed E-state index contributed by atoms with van der Waals surface area (Å²) in [4.78, 5) is -0.707. The van der Waals surface area contributed by atoms with E-state index in [0.29, 0.717) is 0 Å². The Bertz CT molecular complexity index is 389. The number of hydrogen-bond donors (Lipinski definition) is 1. The number of halogens is 3. The molecule has 7 heteroatoms. The lowest BCUT2D eigenvalue weighted by Crippen LogP contribution is -2.16. The van der Waals surface area contributed by atoms with Gasteiger partial charge in [-0.15, -0.1) is 0 Å². The second-order valence-electron chi connectivity index (χ2n) is 2.55. The maximum atomic E-state index is 12.1. The Balaban J connectivity index is 3.19. The van der Waals surface area contributed by atoms with E-state index in [1.54, 1.807) is 0 Å². The molecule has 1 aromatic rings. The molecule has 0 aromatic heterocycles. The molecule has 0 aliphatic heterocycles. The number of phenols is 1. The highest BCUT2D eigenvalue weighted by Crippen LogP contribution is 2.33. The number of aromatic hydroxyl groups is 1. The van der Waals surface area contributed by atoms with Gasteiger partial charge >= 0.3 is 5.51 Å². The van der Waals surface area contributed by atoms with Crippen LogP contribution in [0, 0.1) is 0 Å². The molecule has 0 radical (unpaired) electrons. The van der Waals surface area contributed by atoms with Gasteiger partial charge in [-0.3, -0.25) is 0 Å². The van der Waals surface area contributed by atoms with Crippen molar-refractivity contribution >= 4 is 10.8 Å². The van der Waals surface area contributed by atoms with Gasteiger partial charge in [-0.1, -0.05) is 0 Å². The molecule has 0 amide bonds. The standard InChI is InChI=1S/C8H7F3O3S/c1-14-5-2-3-6(12)7(4-5)15(13)8(9,10)11/h2-4,12H,1H3. The van der Waals surface area contributed by atoms with Crippen molar-refractivity contribution in [2.45, 2.75) is 10.4 Å². The Kier molecular flexibility index (Phi) is 3.23. The van der Waals surface area contributed by atoms with E-state index < -0.39 is 27.0 Å². The molecular formula is C8H7F3O3S. The third-order valence-electron chi connectivity index (χ3n) is 1.58. The van der Waals surface area contributed by atoms with Crippen LogP contribution in [0.25, 0.3) is 0 Å². The van der Waals surface area contributed by atoms with Gasteiger partial charge in [0, 0.05) is 6.07 Å². The SMILES string of the molecule is COc1ccc(O)c(S(=O)C(F)(F)F)c1. The quantitative estimate of drug-likeness (QED) is 0.860. The summed E-state index contributed by atoms with van der Waals surface area (Å²) in [5.41, 5.74) is -4.90. The molecule has 0 saturated carbocycles. The molecule has 0 fully saturated rings. The van der Waals surface area contributed by atoms with E-state index in [1.165, 1.54) is 13.2 Å². The Morgan fingerprint density at radius 3 is 2.47 bits per heavy atom.